The number of benzene rings is 2. The summed E-state index contributed by atoms with van der Waals surface area (Å²) in [5.74, 6) is 1.51. The van der Waals surface area contributed by atoms with Crippen molar-refractivity contribution in [2.75, 3.05) is 20.8 Å². The van der Waals surface area contributed by atoms with Crippen LogP contribution < -0.4 is 9.47 Å². The summed E-state index contributed by atoms with van der Waals surface area (Å²) in [5.41, 5.74) is 4.32. The van der Waals surface area contributed by atoms with Crippen LogP contribution in [-0.2, 0) is 18.8 Å². The van der Waals surface area contributed by atoms with Gasteiger partial charge in [0, 0.05) is 27.9 Å². The number of aromatic nitrogens is 1. The zero-order chi connectivity index (χ0) is 23.8. The van der Waals surface area contributed by atoms with Crippen LogP contribution in [0.3, 0.4) is 0 Å². The monoisotopic (exact) mass is 512 g/mol. The number of carbonyl (C=O) groups excluding carboxylic acids is 1. The number of carbonyl (C=O) groups is 1. The molecule has 0 unspecified atom stereocenters. The third-order valence-corrected chi connectivity index (χ3v) is 7.88. The Morgan fingerprint density at radius 1 is 1.12 bits per heavy atom. The van der Waals surface area contributed by atoms with Crippen LogP contribution in [0, 0.1) is 0 Å². The maximum absolute atomic E-state index is 13.0. The first-order valence-electron chi connectivity index (χ1n) is 10.8. The number of methoxy groups -OCH3 is 2. The van der Waals surface area contributed by atoms with Gasteiger partial charge in [-0.2, -0.15) is 0 Å². The molecule has 8 heteroatoms. The number of nitrogens with zero attached hydrogens (tertiary/aromatic N) is 2. The number of hydrogen-bond acceptors (Lipinski definition) is 5. The Kier molecular flexibility index (Phi) is 6.38. The Labute approximate surface area is 211 Å². The van der Waals surface area contributed by atoms with Crippen LogP contribution in [0.15, 0.2) is 48.5 Å². The average molecular weight is 513 g/mol. The van der Waals surface area contributed by atoms with E-state index in [0.717, 1.165) is 32.6 Å². The highest BCUT2D eigenvalue weighted by Crippen LogP contribution is 2.46. The second-order valence-electron chi connectivity index (χ2n) is 7.98. The molecule has 0 saturated carbocycles. The summed E-state index contributed by atoms with van der Waals surface area (Å²) in [5, 5.41) is 1.57. The number of pyridine rings is 1. The first-order valence-corrected chi connectivity index (χ1v) is 12.5. The standard InChI is InChI=1S/C26H22Cl2N2O3S/c1-32-19-9-8-16(12-20(19)33-2)22-23-17-10-11-30(26(31)15-6-4-3-5-7-15)14-21(17)34-25(23)29-18(13-27)24(22)28/h3-9,12H,10-11,13-14H2,1-2H3. The number of ether oxygens (including phenoxy) is 2. The molecule has 0 atom stereocenters. The molecule has 0 spiro atoms. The normalized spacial score (nSPS) is 13.1. The molecule has 4 aromatic rings. The molecule has 0 N–H and O–H groups in total. The lowest BCUT2D eigenvalue weighted by molar-refractivity contribution is 0.0737. The van der Waals surface area contributed by atoms with Gasteiger partial charge in [-0.3, -0.25) is 4.79 Å². The van der Waals surface area contributed by atoms with Gasteiger partial charge in [0.1, 0.15) is 4.83 Å². The molecule has 34 heavy (non-hydrogen) atoms. The Morgan fingerprint density at radius 3 is 2.59 bits per heavy atom. The van der Waals surface area contributed by atoms with Crippen LogP contribution in [0.1, 0.15) is 26.5 Å². The van der Waals surface area contributed by atoms with E-state index >= 15 is 0 Å². The predicted molar refractivity (Wildman–Crippen MR) is 138 cm³/mol. The molecule has 5 rings (SSSR count). The summed E-state index contributed by atoms with van der Waals surface area (Å²) in [6, 6.07) is 15.2. The Morgan fingerprint density at radius 2 is 1.88 bits per heavy atom. The van der Waals surface area contributed by atoms with E-state index in [1.54, 1.807) is 25.6 Å². The molecule has 2 aromatic heterocycles. The lowest BCUT2D eigenvalue weighted by atomic mass is 9.95. The van der Waals surface area contributed by atoms with Gasteiger partial charge in [-0.1, -0.05) is 35.9 Å². The van der Waals surface area contributed by atoms with E-state index in [1.165, 1.54) is 5.56 Å². The summed E-state index contributed by atoms with van der Waals surface area (Å²) in [7, 11) is 3.22. The van der Waals surface area contributed by atoms with Gasteiger partial charge in [-0.05, 0) is 41.8 Å². The maximum atomic E-state index is 13.0. The van der Waals surface area contributed by atoms with Crippen LogP contribution in [-0.4, -0.2) is 36.6 Å². The molecule has 174 valence electrons. The molecule has 2 aromatic carbocycles. The van der Waals surface area contributed by atoms with E-state index in [2.05, 4.69) is 0 Å². The number of thiophene rings is 1. The van der Waals surface area contributed by atoms with Crippen LogP contribution in [0.25, 0.3) is 21.3 Å². The van der Waals surface area contributed by atoms with Crippen molar-refractivity contribution in [1.29, 1.82) is 0 Å². The molecular formula is C26H22Cl2N2O3S. The second kappa shape index (κ2) is 9.45. The highest BCUT2D eigenvalue weighted by atomic mass is 35.5. The number of fused-ring (bicyclic) bond motifs is 3. The molecule has 1 amide bonds. The van der Waals surface area contributed by atoms with Crippen LogP contribution in [0.2, 0.25) is 5.02 Å². The SMILES string of the molecule is COc1ccc(-c2c(Cl)c(CCl)nc3sc4c(c23)CCN(C(=O)c2ccccc2)C4)cc1OC. The van der Waals surface area contributed by atoms with E-state index in [4.69, 9.17) is 37.7 Å². The first kappa shape index (κ1) is 23.0. The minimum Gasteiger partial charge on any atom is -0.493 e. The fraction of sp³-hybridized carbons (Fsp3) is 0.231. The summed E-state index contributed by atoms with van der Waals surface area (Å²) in [6.45, 7) is 1.18. The first-order chi connectivity index (χ1) is 16.5. The van der Waals surface area contributed by atoms with Crippen molar-refractivity contribution in [2.45, 2.75) is 18.8 Å². The molecular weight excluding hydrogens is 491 g/mol. The molecule has 1 aliphatic rings. The van der Waals surface area contributed by atoms with Gasteiger partial charge in [0.25, 0.3) is 5.91 Å². The number of hydrogen-bond donors (Lipinski definition) is 0. The number of alkyl halides is 1. The van der Waals surface area contributed by atoms with Crippen molar-refractivity contribution in [2.24, 2.45) is 0 Å². The highest BCUT2D eigenvalue weighted by Gasteiger charge is 2.28. The topological polar surface area (TPSA) is 51.7 Å². The zero-order valence-electron chi connectivity index (χ0n) is 18.7. The smallest absolute Gasteiger partial charge is 0.254 e. The fourth-order valence-electron chi connectivity index (χ4n) is 4.44. The molecule has 1 aliphatic heterocycles. The van der Waals surface area contributed by atoms with Gasteiger partial charge in [-0.15, -0.1) is 22.9 Å². The van der Waals surface area contributed by atoms with E-state index in [9.17, 15) is 4.79 Å². The molecule has 3 heterocycles. The van der Waals surface area contributed by atoms with E-state index < -0.39 is 0 Å². The van der Waals surface area contributed by atoms with Crippen molar-refractivity contribution in [3.63, 3.8) is 0 Å². The van der Waals surface area contributed by atoms with Crippen molar-refractivity contribution in [3.05, 3.63) is 75.3 Å². The second-order valence-corrected chi connectivity index (χ2v) is 9.71. The van der Waals surface area contributed by atoms with Crippen molar-refractivity contribution in [3.8, 4) is 22.6 Å². The van der Waals surface area contributed by atoms with Gasteiger partial charge in [0.2, 0.25) is 0 Å². The number of halogens is 2. The van der Waals surface area contributed by atoms with Gasteiger partial charge in [0.15, 0.2) is 11.5 Å². The van der Waals surface area contributed by atoms with Crippen LogP contribution >= 0.6 is 34.5 Å². The number of amides is 1. The van der Waals surface area contributed by atoms with E-state index in [-0.39, 0.29) is 11.8 Å². The quantitative estimate of drug-likeness (QED) is 0.283. The van der Waals surface area contributed by atoms with E-state index in [1.807, 2.05) is 53.4 Å². The largest absolute Gasteiger partial charge is 0.493 e. The minimum atomic E-state index is 0.0382. The molecule has 0 aliphatic carbocycles. The van der Waals surface area contributed by atoms with E-state index in [0.29, 0.717) is 40.9 Å². The van der Waals surface area contributed by atoms with Gasteiger partial charge < -0.3 is 14.4 Å². The summed E-state index contributed by atoms with van der Waals surface area (Å²) in [6.07, 6.45) is 0.729. The predicted octanol–water partition coefficient (Wildman–Crippen LogP) is 6.57. The molecule has 0 saturated heterocycles. The molecule has 5 nitrogen and oxygen atoms in total. The van der Waals surface area contributed by atoms with Gasteiger partial charge in [0.05, 0.1) is 37.4 Å². The molecule has 0 bridgehead atoms. The van der Waals surface area contributed by atoms with Crippen molar-refractivity contribution in [1.82, 2.24) is 9.88 Å². The number of rotatable bonds is 5. The van der Waals surface area contributed by atoms with Crippen molar-refractivity contribution >= 4 is 50.7 Å². The average Bonchev–Trinajstić information content (AvgIpc) is 3.25. The lowest BCUT2D eigenvalue weighted by Crippen LogP contribution is -2.35. The Bertz CT molecular complexity index is 1390. The lowest BCUT2D eigenvalue weighted by Gasteiger charge is -2.27. The summed E-state index contributed by atoms with van der Waals surface area (Å²) in [4.78, 5) is 21.7. The maximum Gasteiger partial charge on any atom is 0.254 e. The summed E-state index contributed by atoms with van der Waals surface area (Å²) < 4.78 is 10.9. The van der Waals surface area contributed by atoms with Gasteiger partial charge >= 0.3 is 0 Å². The highest BCUT2D eigenvalue weighted by molar-refractivity contribution is 7.19. The minimum absolute atomic E-state index is 0.0382. The van der Waals surface area contributed by atoms with Gasteiger partial charge in [-0.25, -0.2) is 4.98 Å². The van der Waals surface area contributed by atoms with Crippen molar-refractivity contribution < 1.29 is 14.3 Å². The molecule has 0 radical (unpaired) electrons. The van der Waals surface area contributed by atoms with Crippen LogP contribution in [0.4, 0.5) is 0 Å². The third kappa shape index (κ3) is 3.90. The Hall–Kier alpha value is -2.80. The molecule has 0 fully saturated rings. The Balaban J connectivity index is 1.63. The summed E-state index contributed by atoms with van der Waals surface area (Å²) >= 11 is 14.7. The fourth-order valence-corrected chi connectivity index (χ4v) is 6.28. The van der Waals surface area contributed by atoms with Crippen LogP contribution in [0.5, 0.6) is 11.5 Å². The zero-order valence-corrected chi connectivity index (χ0v) is 21.1. The third-order valence-electron chi connectivity index (χ3n) is 6.10.